The summed E-state index contributed by atoms with van der Waals surface area (Å²) in [4.78, 5) is 11.3. The third-order valence-electron chi connectivity index (χ3n) is 3.29. The fourth-order valence-corrected chi connectivity index (χ4v) is 2.15. The van der Waals surface area contributed by atoms with Gasteiger partial charge in [0, 0.05) is 19.3 Å². The number of ether oxygens (including phenoxy) is 2. The van der Waals surface area contributed by atoms with Gasteiger partial charge in [0.1, 0.15) is 5.75 Å². The number of hydrogen-bond donors (Lipinski definition) is 1. The molecule has 116 valence electrons. The van der Waals surface area contributed by atoms with Crippen molar-refractivity contribution < 1.29 is 19.4 Å². The fourth-order valence-electron chi connectivity index (χ4n) is 2.15. The van der Waals surface area contributed by atoms with Crippen LogP contribution in [0.1, 0.15) is 31.4 Å². The van der Waals surface area contributed by atoms with Crippen LogP contribution < -0.4 is 4.74 Å². The zero-order valence-corrected chi connectivity index (χ0v) is 13.2. The summed E-state index contributed by atoms with van der Waals surface area (Å²) in [5.74, 6) is -0.0760. The van der Waals surface area contributed by atoms with Gasteiger partial charge in [-0.3, -0.25) is 0 Å². The van der Waals surface area contributed by atoms with Crippen molar-refractivity contribution in [1.29, 1.82) is 0 Å². The number of methoxy groups -OCH3 is 2. The Morgan fingerprint density at radius 1 is 1.33 bits per heavy atom. The van der Waals surface area contributed by atoms with Gasteiger partial charge in [-0.15, -0.1) is 0 Å². The largest absolute Gasteiger partial charge is 0.496 e. The van der Waals surface area contributed by atoms with E-state index < -0.39 is 5.97 Å². The highest BCUT2D eigenvalue weighted by Gasteiger charge is 2.12. The van der Waals surface area contributed by atoms with Gasteiger partial charge in [-0.2, -0.15) is 0 Å². The van der Waals surface area contributed by atoms with E-state index in [1.165, 1.54) is 0 Å². The number of carbonyl (C=O) groups is 1. The molecule has 0 atom stereocenters. The minimum Gasteiger partial charge on any atom is -0.496 e. The Hall–Kier alpha value is -1.81. The molecular formula is C17H24O4. The molecule has 0 aliphatic carbocycles. The average molecular weight is 292 g/mol. The maximum Gasteiger partial charge on any atom is 0.331 e. The number of benzene rings is 1. The van der Waals surface area contributed by atoms with E-state index in [-0.39, 0.29) is 5.92 Å². The maximum atomic E-state index is 11.3. The second-order valence-electron chi connectivity index (χ2n) is 5.23. The van der Waals surface area contributed by atoms with E-state index in [1.807, 2.05) is 32.0 Å². The van der Waals surface area contributed by atoms with Crippen LogP contribution in [0.15, 0.2) is 23.8 Å². The van der Waals surface area contributed by atoms with Gasteiger partial charge in [0.05, 0.1) is 7.11 Å². The number of hydrogen-bond acceptors (Lipinski definition) is 3. The highest BCUT2D eigenvalue weighted by atomic mass is 16.5. The van der Waals surface area contributed by atoms with Crippen molar-refractivity contribution in [2.24, 2.45) is 5.92 Å². The Labute approximate surface area is 126 Å². The summed E-state index contributed by atoms with van der Waals surface area (Å²) in [6.45, 7) is 4.45. The predicted octanol–water partition coefficient (Wildman–Crippen LogP) is 3.40. The Balaban J connectivity index is 3.06. The third kappa shape index (κ3) is 5.23. The molecule has 0 aliphatic heterocycles. The van der Waals surface area contributed by atoms with Crippen LogP contribution in [-0.4, -0.2) is 31.9 Å². The summed E-state index contributed by atoms with van der Waals surface area (Å²) < 4.78 is 10.4. The molecule has 0 aromatic heterocycles. The molecule has 0 fully saturated rings. The van der Waals surface area contributed by atoms with Crippen LogP contribution in [0.2, 0.25) is 0 Å². The van der Waals surface area contributed by atoms with Crippen molar-refractivity contribution in [3.8, 4) is 5.75 Å². The van der Waals surface area contributed by atoms with Crippen LogP contribution in [0.25, 0.3) is 6.08 Å². The van der Waals surface area contributed by atoms with Crippen molar-refractivity contribution in [2.45, 2.75) is 26.7 Å². The molecule has 0 saturated heterocycles. The number of rotatable bonds is 8. The van der Waals surface area contributed by atoms with Crippen LogP contribution in [0.3, 0.4) is 0 Å². The first-order valence-electron chi connectivity index (χ1n) is 7.10. The Morgan fingerprint density at radius 3 is 2.57 bits per heavy atom. The van der Waals surface area contributed by atoms with E-state index in [2.05, 4.69) is 0 Å². The van der Waals surface area contributed by atoms with E-state index in [0.717, 1.165) is 29.7 Å². The van der Waals surface area contributed by atoms with E-state index in [0.29, 0.717) is 12.2 Å². The summed E-state index contributed by atoms with van der Waals surface area (Å²) in [6.07, 6.45) is 3.46. The van der Waals surface area contributed by atoms with Crippen LogP contribution in [0.5, 0.6) is 5.75 Å². The lowest BCUT2D eigenvalue weighted by atomic mass is 9.98. The van der Waals surface area contributed by atoms with E-state index in [9.17, 15) is 9.90 Å². The van der Waals surface area contributed by atoms with Crippen LogP contribution >= 0.6 is 0 Å². The first-order valence-corrected chi connectivity index (χ1v) is 7.10. The Kier molecular flexibility index (Phi) is 6.96. The van der Waals surface area contributed by atoms with E-state index in [1.54, 1.807) is 20.3 Å². The lowest BCUT2D eigenvalue weighted by Gasteiger charge is -2.11. The molecule has 0 saturated carbocycles. The predicted molar refractivity (Wildman–Crippen MR) is 83.6 cm³/mol. The summed E-state index contributed by atoms with van der Waals surface area (Å²) in [6, 6.07) is 5.75. The van der Waals surface area contributed by atoms with Crippen molar-refractivity contribution in [3.05, 3.63) is 34.9 Å². The van der Waals surface area contributed by atoms with Gasteiger partial charge in [0.2, 0.25) is 0 Å². The molecule has 0 aliphatic rings. The highest BCUT2D eigenvalue weighted by molar-refractivity contribution is 5.92. The maximum absolute atomic E-state index is 11.3. The molecule has 0 radical (unpaired) electrons. The fraction of sp³-hybridized carbons (Fsp3) is 0.471. The smallest absolute Gasteiger partial charge is 0.331 e. The molecule has 21 heavy (non-hydrogen) atoms. The minimum absolute atomic E-state index is 0.0263. The first-order chi connectivity index (χ1) is 9.99. The molecule has 0 unspecified atom stereocenters. The number of aliphatic carboxylic acids is 1. The molecule has 1 aromatic carbocycles. The average Bonchev–Trinajstić information content (AvgIpc) is 2.44. The second-order valence-corrected chi connectivity index (χ2v) is 5.23. The Bertz CT molecular complexity index is 504. The summed E-state index contributed by atoms with van der Waals surface area (Å²) in [7, 11) is 3.32. The van der Waals surface area contributed by atoms with Gasteiger partial charge in [0.15, 0.2) is 0 Å². The molecule has 0 amide bonds. The molecule has 0 bridgehead atoms. The van der Waals surface area contributed by atoms with E-state index in [4.69, 9.17) is 9.47 Å². The first kappa shape index (κ1) is 17.2. The Morgan fingerprint density at radius 2 is 2.05 bits per heavy atom. The summed E-state index contributed by atoms with van der Waals surface area (Å²) in [5.41, 5.74) is 2.36. The minimum atomic E-state index is -0.873. The zero-order valence-electron chi connectivity index (χ0n) is 13.2. The normalized spacial score (nSPS) is 11.8. The number of carboxylic acid groups (broad SMARTS) is 1. The van der Waals surface area contributed by atoms with Gasteiger partial charge in [0.25, 0.3) is 0 Å². The zero-order chi connectivity index (χ0) is 15.8. The molecule has 0 heterocycles. The van der Waals surface area contributed by atoms with Gasteiger partial charge < -0.3 is 14.6 Å². The van der Waals surface area contributed by atoms with Crippen LogP contribution in [0, 0.1) is 5.92 Å². The molecule has 0 spiro atoms. The quantitative estimate of drug-likeness (QED) is 0.589. The molecule has 1 aromatic rings. The van der Waals surface area contributed by atoms with Crippen molar-refractivity contribution in [3.63, 3.8) is 0 Å². The van der Waals surface area contributed by atoms with Crippen LogP contribution in [-0.2, 0) is 16.0 Å². The number of carboxylic acids is 1. The molecule has 4 heteroatoms. The monoisotopic (exact) mass is 292 g/mol. The molecular weight excluding hydrogens is 268 g/mol. The SMILES string of the molecule is COCCCc1cc(/C=C(/C(=O)O)C(C)C)ccc1OC. The van der Waals surface area contributed by atoms with E-state index >= 15 is 0 Å². The van der Waals surface area contributed by atoms with Gasteiger partial charge in [-0.05, 0) is 48.1 Å². The lowest BCUT2D eigenvalue weighted by molar-refractivity contribution is -0.133. The topological polar surface area (TPSA) is 55.8 Å². The van der Waals surface area contributed by atoms with Crippen LogP contribution in [0.4, 0.5) is 0 Å². The second kappa shape index (κ2) is 8.47. The van der Waals surface area contributed by atoms with Gasteiger partial charge in [-0.1, -0.05) is 19.9 Å². The lowest BCUT2D eigenvalue weighted by Crippen LogP contribution is -2.06. The number of aryl methyl sites for hydroxylation is 1. The van der Waals surface area contributed by atoms with Crippen molar-refractivity contribution >= 4 is 12.0 Å². The summed E-state index contributed by atoms with van der Waals surface area (Å²) in [5, 5.41) is 9.24. The standard InChI is InChI=1S/C17H24O4/c1-12(2)15(17(18)19)11-13-7-8-16(21-4)14(10-13)6-5-9-20-3/h7-8,10-12H,5-6,9H2,1-4H3,(H,18,19)/b15-11+. The molecule has 4 nitrogen and oxygen atoms in total. The van der Waals surface area contributed by atoms with Gasteiger partial charge >= 0.3 is 5.97 Å². The van der Waals surface area contributed by atoms with Crippen molar-refractivity contribution in [2.75, 3.05) is 20.8 Å². The third-order valence-corrected chi connectivity index (χ3v) is 3.29. The van der Waals surface area contributed by atoms with Gasteiger partial charge in [-0.25, -0.2) is 4.79 Å². The van der Waals surface area contributed by atoms with Crippen molar-refractivity contribution in [1.82, 2.24) is 0 Å². The highest BCUT2D eigenvalue weighted by Crippen LogP contribution is 2.24. The molecule has 1 N–H and O–H groups in total. The summed E-state index contributed by atoms with van der Waals surface area (Å²) >= 11 is 0. The molecule has 1 rings (SSSR count).